The van der Waals surface area contributed by atoms with E-state index in [9.17, 15) is 9.59 Å². The molecule has 1 heterocycles. The second kappa shape index (κ2) is 9.93. The van der Waals surface area contributed by atoms with Gasteiger partial charge < -0.3 is 20.3 Å². The van der Waals surface area contributed by atoms with E-state index in [1.54, 1.807) is 11.8 Å². The molecular formula is C11H19NO5S. The van der Waals surface area contributed by atoms with Gasteiger partial charge in [0.1, 0.15) is 6.04 Å². The molecule has 0 saturated carbocycles. The Bertz CT molecular complexity index is 281. The molecule has 0 radical (unpaired) electrons. The summed E-state index contributed by atoms with van der Waals surface area (Å²) in [4.78, 5) is 20.0. The van der Waals surface area contributed by atoms with Crippen molar-refractivity contribution in [3.63, 3.8) is 0 Å². The summed E-state index contributed by atoms with van der Waals surface area (Å²) in [6.45, 7) is 4.38. The van der Waals surface area contributed by atoms with Crippen LogP contribution in [0.2, 0.25) is 0 Å². The molecule has 1 fully saturated rings. The van der Waals surface area contributed by atoms with Gasteiger partial charge in [0.25, 0.3) is 0 Å². The third-order valence-electron chi connectivity index (χ3n) is 2.08. The van der Waals surface area contributed by atoms with Gasteiger partial charge in [-0.3, -0.25) is 4.79 Å². The zero-order chi connectivity index (χ0) is 14.0. The van der Waals surface area contributed by atoms with Gasteiger partial charge in [0.15, 0.2) is 0 Å². The van der Waals surface area contributed by atoms with Gasteiger partial charge in [0.05, 0.1) is 12.7 Å². The fraction of sp³-hybridized carbons (Fsp3) is 0.636. The van der Waals surface area contributed by atoms with Crippen LogP contribution in [0.5, 0.6) is 0 Å². The highest BCUT2D eigenvalue weighted by atomic mass is 32.2. The Morgan fingerprint density at radius 1 is 1.61 bits per heavy atom. The predicted molar refractivity (Wildman–Crippen MR) is 70.0 cm³/mol. The molecule has 1 aliphatic rings. The van der Waals surface area contributed by atoms with Crippen molar-refractivity contribution in [2.75, 3.05) is 25.2 Å². The Kier molecular flexibility index (Phi) is 9.35. The normalized spacial score (nSPS) is 18.2. The topological polar surface area (TPSA) is 99.2 Å². The van der Waals surface area contributed by atoms with Crippen LogP contribution in [0.15, 0.2) is 12.7 Å². The van der Waals surface area contributed by atoms with Crippen molar-refractivity contribution >= 4 is 23.7 Å². The molecule has 0 spiro atoms. The number of nitrogens with one attached hydrogen (secondary N) is 1. The van der Waals surface area contributed by atoms with Crippen LogP contribution >= 0.6 is 11.8 Å². The minimum atomic E-state index is -0.981. The molecule has 1 aliphatic heterocycles. The van der Waals surface area contributed by atoms with E-state index in [1.165, 1.54) is 0 Å². The fourth-order valence-corrected chi connectivity index (χ4v) is 1.48. The molecule has 2 atom stereocenters. The summed E-state index contributed by atoms with van der Waals surface area (Å²) in [5, 5.41) is 19.4. The standard InChI is InChI=1S/C8H15NO3S.C3H4O2/c1-13-3-2-7(8(10)11)9-4-6-5-12-6;1-2-3(4)5/h6-7,9H,2-5H2,1H3,(H,10,11);2H,1H2,(H,4,5)/t6?,7-;/m0./s1. The molecule has 1 rings (SSSR count). The smallest absolute Gasteiger partial charge is 0.327 e. The zero-order valence-corrected chi connectivity index (χ0v) is 11.1. The lowest BCUT2D eigenvalue weighted by atomic mass is 10.2. The van der Waals surface area contributed by atoms with Crippen LogP contribution in [0.3, 0.4) is 0 Å². The summed E-state index contributed by atoms with van der Waals surface area (Å²) < 4.78 is 4.98. The molecule has 3 N–H and O–H groups in total. The highest BCUT2D eigenvalue weighted by molar-refractivity contribution is 7.98. The maximum absolute atomic E-state index is 10.7. The maximum atomic E-state index is 10.7. The van der Waals surface area contributed by atoms with E-state index in [0.29, 0.717) is 13.0 Å². The number of carboxylic acid groups (broad SMARTS) is 2. The number of ether oxygens (including phenoxy) is 1. The molecule has 7 heteroatoms. The van der Waals surface area contributed by atoms with Gasteiger partial charge in [-0.25, -0.2) is 4.79 Å². The monoisotopic (exact) mass is 277 g/mol. The molecule has 0 aliphatic carbocycles. The second-order valence-electron chi connectivity index (χ2n) is 3.58. The van der Waals surface area contributed by atoms with Crippen molar-refractivity contribution in [1.29, 1.82) is 0 Å². The van der Waals surface area contributed by atoms with Crippen LogP contribution in [0, 0.1) is 0 Å². The van der Waals surface area contributed by atoms with Crippen LogP contribution in [-0.4, -0.2) is 59.5 Å². The van der Waals surface area contributed by atoms with Crippen LogP contribution in [0.1, 0.15) is 6.42 Å². The van der Waals surface area contributed by atoms with E-state index in [4.69, 9.17) is 14.9 Å². The predicted octanol–water partition coefficient (Wildman–Crippen LogP) is 0.438. The number of hydrogen-bond acceptors (Lipinski definition) is 5. The highest BCUT2D eigenvalue weighted by Crippen LogP contribution is 2.08. The minimum Gasteiger partial charge on any atom is -0.480 e. The number of rotatable bonds is 8. The van der Waals surface area contributed by atoms with E-state index in [2.05, 4.69) is 11.9 Å². The SMILES string of the molecule is C=CC(=O)O.CSCC[C@H](NCC1CO1)C(=O)O. The molecule has 1 unspecified atom stereocenters. The molecule has 104 valence electrons. The summed E-state index contributed by atoms with van der Waals surface area (Å²) in [5.74, 6) is -0.880. The van der Waals surface area contributed by atoms with Crippen molar-refractivity contribution in [3.8, 4) is 0 Å². The minimum absolute atomic E-state index is 0.246. The van der Waals surface area contributed by atoms with Gasteiger partial charge >= 0.3 is 11.9 Å². The van der Waals surface area contributed by atoms with Crippen LogP contribution in [0.25, 0.3) is 0 Å². The molecule has 0 bridgehead atoms. The molecule has 1 saturated heterocycles. The summed E-state index contributed by atoms with van der Waals surface area (Å²) in [6, 6.07) is -0.420. The third-order valence-corrected chi connectivity index (χ3v) is 2.72. The van der Waals surface area contributed by atoms with Gasteiger partial charge in [0.2, 0.25) is 0 Å². The Morgan fingerprint density at radius 3 is 2.50 bits per heavy atom. The van der Waals surface area contributed by atoms with Crippen molar-refractivity contribution in [2.24, 2.45) is 0 Å². The van der Waals surface area contributed by atoms with Crippen molar-refractivity contribution < 1.29 is 24.5 Å². The van der Waals surface area contributed by atoms with Gasteiger partial charge in [0, 0.05) is 12.6 Å². The first-order valence-electron chi connectivity index (χ1n) is 5.43. The van der Waals surface area contributed by atoms with E-state index >= 15 is 0 Å². The van der Waals surface area contributed by atoms with Crippen molar-refractivity contribution in [1.82, 2.24) is 5.32 Å². The lowest BCUT2D eigenvalue weighted by Crippen LogP contribution is -2.39. The number of carboxylic acids is 2. The molecule has 6 nitrogen and oxygen atoms in total. The Hall–Kier alpha value is -1.05. The third kappa shape index (κ3) is 10.1. The lowest BCUT2D eigenvalue weighted by molar-refractivity contribution is -0.139. The van der Waals surface area contributed by atoms with Crippen LogP contribution < -0.4 is 5.32 Å². The summed E-state index contributed by atoms with van der Waals surface area (Å²) in [6.07, 6.45) is 3.72. The van der Waals surface area contributed by atoms with Gasteiger partial charge in [-0.15, -0.1) is 0 Å². The maximum Gasteiger partial charge on any atom is 0.327 e. The van der Waals surface area contributed by atoms with E-state index in [-0.39, 0.29) is 6.10 Å². The Morgan fingerprint density at radius 2 is 2.17 bits per heavy atom. The van der Waals surface area contributed by atoms with Crippen molar-refractivity contribution in [2.45, 2.75) is 18.6 Å². The summed E-state index contributed by atoms with van der Waals surface area (Å²) in [5.41, 5.74) is 0. The Labute approximate surface area is 110 Å². The molecule has 0 aromatic rings. The number of thioether (sulfide) groups is 1. The number of hydrogen-bond donors (Lipinski definition) is 3. The van der Waals surface area contributed by atoms with E-state index in [0.717, 1.165) is 18.4 Å². The second-order valence-corrected chi connectivity index (χ2v) is 4.56. The molecule has 0 amide bonds. The van der Waals surface area contributed by atoms with Gasteiger partial charge in [-0.05, 0) is 18.4 Å². The molecular weight excluding hydrogens is 258 g/mol. The van der Waals surface area contributed by atoms with Crippen LogP contribution in [-0.2, 0) is 14.3 Å². The summed E-state index contributed by atoms with van der Waals surface area (Å²) in [7, 11) is 0. The Balaban J connectivity index is 0.000000494. The molecule has 18 heavy (non-hydrogen) atoms. The number of carbonyl (C=O) groups is 2. The average Bonchev–Trinajstić information content (AvgIpc) is 3.13. The first kappa shape index (κ1) is 16.9. The first-order valence-corrected chi connectivity index (χ1v) is 6.82. The fourth-order valence-electron chi connectivity index (χ4n) is 1.01. The average molecular weight is 277 g/mol. The van der Waals surface area contributed by atoms with Crippen molar-refractivity contribution in [3.05, 3.63) is 12.7 Å². The van der Waals surface area contributed by atoms with Crippen LogP contribution in [0.4, 0.5) is 0 Å². The number of aliphatic carboxylic acids is 2. The van der Waals surface area contributed by atoms with E-state index in [1.807, 2.05) is 6.26 Å². The van der Waals surface area contributed by atoms with E-state index < -0.39 is 18.0 Å². The largest absolute Gasteiger partial charge is 0.480 e. The zero-order valence-electron chi connectivity index (χ0n) is 10.3. The van der Waals surface area contributed by atoms with Gasteiger partial charge in [-0.2, -0.15) is 11.8 Å². The lowest BCUT2D eigenvalue weighted by Gasteiger charge is -2.12. The first-order chi connectivity index (χ1) is 8.51. The van der Waals surface area contributed by atoms with Gasteiger partial charge in [-0.1, -0.05) is 6.58 Å². The molecule has 0 aromatic carbocycles. The summed E-state index contributed by atoms with van der Waals surface area (Å²) >= 11 is 1.66. The highest BCUT2D eigenvalue weighted by Gasteiger charge is 2.25. The quantitative estimate of drug-likeness (QED) is 0.437. The molecule has 0 aromatic heterocycles. The number of epoxide rings is 1.